The summed E-state index contributed by atoms with van der Waals surface area (Å²) in [5, 5.41) is 2.68. The number of thioether (sulfide) groups is 1. The molecule has 2 aliphatic heterocycles. The van der Waals surface area contributed by atoms with Crippen molar-refractivity contribution < 1.29 is 28.3 Å². The molecule has 9 nitrogen and oxygen atoms in total. The van der Waals surface area contributed by atoms with E-state index in [1.54, 1.807) is 55.5 Å². The second-order valence-electron chi connectivity index (χ2n) is 10.1. The number of nitrogens with zero attached hydrogens (tertiary/aromatic N) is 2. The van der Waals surface area contributed by atoms with Crippen LogP contribution < -0.4 is 15.1 Å². The van der Waals surface area contributed by atoms with Gasteiger partial charge < -0.3 is 10.1 Å². The van der Waals surface area contributed by atoms with Crippen LogP contribution in [0.5, 0.6) is 0 Å². The number of esters is 1. The summed E-state index contributed by atoms with van der Waals surface area (Å²) in [5.74, 6) is -3.93. The molecule has 2 unspecified atom stereocenters. The minimum atomic E-state index is -0.889. The van der Waals surface area contributed by atoms with E-state index in [0.717, 1.165) is 28.0 Å². The number of hydrogen-bond donors (Lipinski definition) is 1. The molecule has 0 aliphatic carbocycles. The number of rotatable bonds is 7. The van der Waals surface area contributed by atoms with Crippen LogP contribution in [0, 0.1) is 11.7 Å². The van der Waals surface area contributed by atoms with E-state index in [2.05, 4.69) is 5.32 Å². The molecule has 4 aromatic rings. The minimum Gasteiger partial charge on any atom is -0.462 e. The normalized spacial score (nSPS) is 19.0. The quantitative estimate of drug-likeness (QED) is 0.213. The van der Waals surface area contributed by atoms with E-state index in [0.29, 0.717) is 37.4 Å². The predicted molar refractivity (Wildman–Crippen MR) is 165 cm³/mol. The van der Waals surface area contributed by atoms with Gasteiger partial charge in [-0.2, -0.15) is 0 Å². The lowest BCUT2D eigenvalue weighted by molar-refractivity contribution is -0.122. The first-order valence-corrected chi connectivity index (χ1v) is 15.6. The Hall–Kier alpha value is -4.26. The number of benzene rings is 3. The van der Waals surface area contributed by atoms with Crippen LogP contribution in [0.3, 0.4) is 0 Å². The first kappa shape index (κ1) is 29.8. The molecule has 0 bridgehead atoms. The standard InChI is InChI=1S/C31H23ClFN3O6S2/c1-2-42-30(40)17-5-11-20(12-6-17)34-22(37)15-35-29-26(44-31(35)41)23(16-3-9-19(33)10-4-16)24-25(43-29)28(39)36(27(24)38)21-13-7-18(32)8-14-21/h3-14,23-25H,2,15H2,1H3,(H,34,37)/t23-,24?,25?/m0/s1. The average molecular weight is 652 g/mol. The Bertz CT molecular complexity index is 1840. The molecule has 13 heteroatoms. The Morgan fingerprint density at radius 3 is 2.30 bits per heavy atom. The van der Waals surface area contributed by atoms with Gasteiger partial charge in [-0.05, 0) is 73.2 Å². The summed E-state index contributed by atoms with van der Waals surface area (Å²) in [6.45, 7) is 1.58. The zero-order valence-corrected chi connectivity index (χ0v) is 25.4. The fraction of sp³-hybridized carbons (Fsp3) is 0.194. The van der Waals surface area contributed by atoms with Gasteiger partial charge in [0.1, 0.15) is 17.6 Å². The second kappa shape index (κ2) is 12.0. The highest BCUT2D eigenvalue weighted by Gasteiger charge is 2.56. The lowest BCUT2D eigenvalue weighted by atomic mass is 9.83. The van der Waals surface area contributed by atoms with Crippen molar-refractivity contribution in [3.05, 3.63) is 109 Å². The third-order valence-electron chi connectivity index (χ3n) is 7.34. The van der Waals surface area contributed by atoms with Gasteiger partial charge in [0, 0.05) is 21.5 Å². The number of carbonyl (C=O) groups is 4. The van der Waals surface area contributed by atoms with Crippen LogP contribution in [0.1, 0.15) is 33.6 Å². The van der Waals surface area contributed by atoms with E-state index >= 15 is 0 Å². The Kier molecular flexibility index (Phi) is 8.14. The fourth-order valence-corrected chi connectivity index (χ4v) is 8.28. The van der Waals surface area contributed by atoms with Gasteiger partial charge in [0.25, 0.3) is 0 Å². The van der Waals surface area contributed by atoms with Gasteiger partial charge in [-0.3, -0.25) is 23.7 Å². The molecule has 3 atom stereocenters. The molecule has 0 saturated carbocycles. The van der Waals surface area contributed by atoms with Crippen molar-refractivity contribution in [3.8, 4) is 0 Å². The number of anilines is 2. The Balaban J connectivity index is 1.33. The molecule has 1 aromatic heterocycles. The van der Waals surface area contributed by atoms with E-state index in [4.69, 9.17) is 16.3 Å². The molecule has 224 valence electrons. The molecule has 6 rings (SSSR count). The van der Waals surface area contributed by atoms with Gasteiger partial charge in [0.15, 0.2) is 0 Å². The summed E-state index contributed by atoms with van der Waals surface area (Å²) < 4.78 is 20.2. The SMILES string of the molecule is CCOC(=O)c1ccc(NC(=O)Cn2c3c(sc2=O)[C@@H](c2ccc(F)cc2)C2C(=O)N(c4ccc(Cl)cc4)C(=O)C2S3)cc1. The predicted octanol–water partition coefficient (Wildman–Crippen LogP) is 5.31. The summed E-state index contributed by atoms with van der Waals surface area (Å²) >= 11 is 8.00. The minimum absolute atomic E-state index is 0.234. The van der Waals surface area contributed by atoms with Crippen molar-refractivity contribution >= 4 is 69.8 Å². The molecular weight excluding hydrogens is 629 g/mol. The number of fused-ring (bicyclic) bond motifs is 2. The van der Waals surface area contributed by atoms with Crippen LogP contribution >= 0.6 is 34.7 Å². The maximum atomic E-state index is 13.9. The summed E-state index contributed by atoms with van der Waals surface area (Å²) in [5.41, 5.74) is 1.68. The zero-order valence-electron chi connectivity index (χ0n) is 23.0. The van der Waals surface area contributed by atoms with Crippen LogP contribution in [-0.2, 0) is 25.7 Å². The third kappa shape index (κ3) is 5.44. The average Bonchev–Trinajstić information content (AvgIpc) is 3.45. The number of ether oxygens (including phenoxy) is 1. The van der Waals surface area contributed by atoms with Gasteiger partial charge in [0.05, 0.1) is 28.8 Å². The molecule has 44 heavy (non-hydrogen) atoms. The van der Waals surface area contributed by atoms with Crippen LogP contribution in [0.25, 0.3) is 0 Å². The van der Waals surface area contributed by atoms with Crippen molar-refractivity contribution in [1.29, 1.82) is 0 Å². The van der Waals surface area contributed by atoms with Gasteiger partial charge in [-0.25, -0.2) is 14.1 Å². The maximum absolute atomic E-state index is 13.9. The molecule has 3 heterocycles. The molecule has 1 N–H and O–H groups in total. The smallest absolute Gasteiger partial charge is 0.338 e. The van der Waals surface area contributed by atoms with Gasteiger partial charge in [0.2, 0.25) is 17.7 Å². The van der Waals surface area contributed by atoms with Gasteiger partial charge in [-0.1, -0.05) is 46.8 Å². The van der Waals surface area contributed by atoms with E-state index in [1.165, 1.54) is 28.8 Å². The molecule has 3 aromatic carbocycles. The van der Waals surface area contributed by atoms with E-state index in [9.17, 15) is 28.4 Å². The number of nitrogens with one attached hydrogen (secondary N) is 1. The summed E-state index contributed by atoms with van der Waals surface area (Å²) in [6.07, 6.45) is 0. The number of carbonyl (C=O) groups excluding carboxylic acids is 4. The van der Waals surface area contributed by atoms with Crippen LogP contribution in [0.4, 0.5) is 15.8 Å². The van der Waals surface area contributed by atoms with E-state index < -0.39 is 51.5 Å². The molecule has 2 aliphatic rings. The Labute approximate surface area is 263 Å². The molecule has 3 amide bonds. The van der Waals surface area contributed by atoms with Crippen molar-refractivity contribution in [3.63, 3.8) is 0 Å². The van der Waals surface area contributed by atoms with Crippen LogP contribution in [0.2, 0.25) is 5.02 Å². The van der Waals surface area contributed by atoms with Gasteiger partial charge >= 0.3 is 10.8 Å². The van der Waals surface area contributed by atoms with Gasteiger partial charge in [-0.15, -0.1) is 0 Å². The lowest BCUT2D eigenvalue weighted by Crippen LogP contribution is -2.33. The van der Waals surface area contributed by atoms with Crippen molar-refractivity contribution in [2.24, 2.45) is 5.92 Å². The fourth-order valence-electron chi connectivity index (χ4n) is 5.38. The Morgan fingerprint density at radius 2 is 1.64 bits per heavy atom. The first-order chi connectivity index (χ1) is 21.2. The van der Waals surface area contributed by atoms with Crippen LogP contribution in [0.15, 0.2) is 82.6 Å². The zero-order chi connectivity index (χ0) is 31.1. The third-order valence-corrected chi connectivity index (χ3v) is 10.2. The summed E-state index contributed by atoms with van der Waals surface area (Å²) in [6, 6.07) is 18.1. The van der Waals surface area contributed by atoms with Crippen molar-refractivity contribution in [2.75, 3.05) is 16.8 Å². The van der Waals surface area contributed by atoms with E-state index in [-0.39, 0.29) is 13.2 Å². The molecule has 1 saturated heterocycles. The topological polar surface area (TPSA) is 115 Å². The monoisotopic (exact) mass is 651 g/mol. The maximum Gasteiger partial charge on any atom is 0.338 e. The highest BCUT2D eigenvalue weighted by molar-refractivity contribution is 8.00. The van der Waals surface area contributed by atoms with Crippen molar-refractivity contribution in [1.82, 2.24) is 4.57 Å². The van der Waals surface area contributed by atoms with Crippen molar-refractivity contribution in [2.45, 2.75) is 29.7 Å². The number of amides is 3. The number of imide groups is 1. The second-order valence-corrected chi connectivity index (χ2v) is 12.6. The van der Waals surface area contributed by atoms with Crippen LogP contribution in [-0.4, -0.2) is 40.1 Å². The Morgan fingerprint density at radius 1 is 0.955 bits per heavy atom. The highest BCUT2D eigenvalue weighted by Crippen LogP contribution is 2.53. The first-order valence-electron chi connectivity index (χ1n) is 13.5. The number of thiazole rings is 1. The lowest BCUT2D eigenvalue weighted by Gasteiger charge is -2.30. The molecule has 0 spiro atoms. The molecular formula is C31H23ClFN3O6S2. The number of aromatic nitrogens is 1. The summed E-state index contributed by atoms with van der Waals surface area (Å²) in [7, 11) is 0. The molecule has 0 radical (unpaired) electrons. The molecule has 1 fully saturated rings. The highest BCUT2D eigenvalue weighted by atomic mass is 35.5. The largest absolute Gasteiger partial charge is 0.462 e. The number of halogens is 2. The van der Waals surface area contributed by atoms with E-state index in [1.807, 2.05) is 0 Å². The number of hydrogen-bond acceptors (Lipinski definition) is 8. The summed E-state index contributed by atoms with van der Waals surface area (Å²) in [4.78, 5) is 67.2.